The molecule has 0 aliphatic carbocycles. The van der Waals surface area contributed by atoms with Gasteiger partial charge in [-0.3, -0.25) is 9.69 Å². The Morgan fingerprint density at radius 2 is 1.81 bits per heavy atom. The van der Waals surface area contributed by atoms with E-state index in [2.05, 4.69) is 10.3 Å². The van der Waals surface area contributed by atoms with Crippen LogP contribution in [0.5, 0.6) is 0 Å². The number of halogens is 3. The van der Waals surface area contributed by atoms with Gasteiger partial charge in [-0.25, -0.2) is 19.1 Å². The van der Waals surface area contributed by atoms with E-state index < -0.39 is 18.1 Å². The molecular formula is C18H15Cl2FN4O2. The largest absolute Gasteiger partial charge is 0.363 e. The molecule has 1 saturated heterocycles. The number of rotatable bonds is 5. The number of nitrogens with one attached hydrogen (secondary N) is 1. The van der Waals surface area contributed by atoms with Crippen molar-refractivity contribution in [2.24, 2.45) is 4.99 Å². The second kappa shape index (κ2) is 7.94. The molecule has 0 saturated carbocycles. The number of amidine groups is 1. The van der Waals surface area contributed by atoms with Gasteiger partial charge in [-0.1, -0.05) is 23.7 Å². The van der Waals surface area contributed by atoms with Crippen LogP contribution in [0.15, 0.2) is 53.5 Å². The molecule has 9 heteroatoms. The molecule has 1 fully saturated rings. The van der Waals surface area contributed by atoms with Crippen molar-refractivity contribution in [1.82, 2.24) is 4.90 Å². The van der Waals surface area contributed by atoms with Crippen LogP contribution in [0.2, 0.25) is 5.02 Å². The molecular weight excluding hydrogens is 394 g/mol. The van der Waals surface area contributed by atoms with Gasteiger partial charge in [0.1, 0.15) is 12.0 Å². The van der Waals surface area contributed by atoms with Crippen LogP contribution in [-0.2, 0) is 4.79 Å². The van der Waals surface area contributed by atoms with E-state index in [0.717, 1.165) is 9.80 Å². The molecule has 2 aromatic rings. The van der Waals surface area contributed by atoms with E-state index in [1.807, 2.05) is 0 Å². The van der Waals surface area contributed by atoms with Crippen molar-refractivity contribution in [3.8, 4) is 0 Å². The smallest absolute Gasteiger partial charge is 0.337 e. The minimum Gasteiger partial charge on any atom is -0.363 e. The normalized spacial score (nSPS) is 17.0. The number of benzene rings is 2. The molecule has 2 aromatic carbocycles. The van der Waals surface area contributed by atoms with Crippen molar-refractivity contribution in [3.63, 3.8) is 0 Å². The quantitative estimate of drug-likeness (QED) is 0.601. The zero-order valence-corrected chi connectivity index (χ0v) is 15.7. The van der Waals surface area contributed by atoms with Gasteiger partial charge >= 0.3 is 6.03 Å². The molecule has 27 heavy (non-hydrogen) atoms. The number of aliphatic imine (C=N–C) groups is 1. The number of carbonyl (C=O) groups is 2. The van der Waals surface area contributed by atoms with Crippen molar-refractivity contribution < 1.29 is 14.0 Å². The maximum atomic E-state index is 13.1. The first-order chi connectivity index (χ1) is 12.9. The van der Waals surface area contributed by atoms with E-state index >= 15 is 0 Å². The zero-order valence-electron chi connectivity index (χ0n) is 14.2. The lowest BCUT2D eigenvalue weighted by Crippen LogP contribution is -2.34. The van der Waals surface area contributed by atoms with Gasteiger partial charge in [0.25, 0.3) is 5.91 Å². The van der Waals surface area contributed by atoms with Gasteiger partial charge in [-0.2, -0.15) is 0 Å². The highest BCUT2D eigenvalue weighted by molar-refractivity contribution is 6.55. The van der Waals surface area contributed by atoms with Crippen LogP contribution in [0.4, 0.5) is 20.6 Å². The van der Waals surface area contributed by atoms with Gasteiger partial charge in [0, 0.05) is 12.7 Å². The molecule has 3 amide bonds. The van der Waals surface area contributed by atoms with Crippen LogP contribution >= 0.6 is 23.2 Å². The third kappa shape index (κ3) is 3.89. The Balaban J connectivity index is 1.96. The van der Waals surface area contributed by atoms with Crippen molar-refractivity contribution in [3.05, 3.63) is 59.4 Å². The fourth-order valence-corrected chi connectivity index (χ4v) is 2.89. The molecule has 0 aromatic heterocycles. The summed E-state index contributed by atoms with van der Waals surface area (Å²) in [5.74, 6) is -1.04. The van der Waals surface area contributed by atoms with Gasteiger partial charge in [-0.15, -0.1) is 11.6 Å². The highest BCUT2D eigenvalue weighted by Gasteiger charge is 2.42. The minimum absolute atomic E-state index is 0.0163. The lowest BCUT2D eigenvalue weighted by Gasteiger charge is -2.19. The Labute approximate surface area is 165 Å². The average Bonchev–Trinajstić information content (AvgIpc) is 2.87. The Morgan fingerprint density at radius 1 is 1.15 bits per heavy atom. The molecule has 0 bridgehead atoms. The number of alkyl halides is 1. The lowest BCUT2D eigenvalue weighted by molar-refractivity contribution is -0.119. The molecule has 0 spiro atoms. The van der Waals surface area contributed by atoms with Crippen molar-refractivity contribution in [1.29, 1.82) is 0 Å². The highest BCUT2D eigenvalue weighted by atomic mass is 35.5. The number of para-hydroxylation sites is 1. The maximum absolute atomic E-state index is 13.1. The summed E-state index contributed by atoms with van der Waals surface area (Å²) in [5, 5.41) is 3.29. The Hall–Kier alpha value is -2.64. The SMILES string of the molecule is CN1C(=O)C(=NC(CCl)Nc2ccc(F)cc2)N(c2ccccc2Cl)C1=O. The molecule has 140 valence electrons. The molecule has 6 nitrogen and oxygen atoms in total. The summed E-state index contributed by atoms with van der Waals surface area (Å²) in [6.07, 6.45) is -0.722. The minimum atomic E-state index is -0.722. The zero-order chi connectivity index (χ0) is 19.6. The van der Waals surface area contributed by atoms with Gasteiger partial charge in [-0.05, 0) is 36.4 Å². The van der Waals surface area contributed by atoms with Crippen LogP contribution in [0, 0.1) is 5.82 Å². The molecule has 1 aliphatic rings. The highest BCUT2D eigenvalue weighted by Crippen LogP contribution is 2.29. The summed E-state index contributed by atoms with van der Waals surface area (Å²) in [4.78, 5) is 31.5. The molecule has 1 N–H and O–H groups in total. The summed E-state index contributed by atoms with van der Waals surface area (Å²) in [6.45, 7) is 0. The van der Waals surface area contributed by atoms with Gasteiger partial charge in [0.2, 0.25) is 5.84 Å². The standard InChI is InChI=1S/C18H15Cl2FN4O2/c1-24-17(26)16(25(18(24)27)14-5-3-2-4-13(14)20)23-15(10-19)22-12-8-6-11(21)7-9-12/h2-9,15,22H,10H2,1H3. The third-order valence-electron chi connectivity index (χ3n) is 3.88. The number of nitrogens with zero attached hydrogens (tertiary/aromatic N) is 3. The van der Waals surface area contributed by atoms with Crippen LogP contribution < -0.4 is 10.2 Å². The van der Waals surface area contributed by atoms with E-state index in [0.29, 0.717) is 16.4 Å². The van der Waals surface area contributed by atoms with Gasteiger partial charge in [0.05, 0.1) is 16.6 Å². The monoisotopic (exact) mass is 408 g/mol. The summed E-state index contributed by atoms with van der Waals surface area (Å²) < 4.78 is 13.1. The molecule has 1 aliphatic heterocycles. The Kier molecular flexibility index (Phi) is 5.62. The van der Waals surface area contributed by atoms with E-state index in [1.54, 1.807) is 24.3 Å². The number of likely N-dealkylation sites (N-methyl/N-ethyl adjacent to an activating group) is 1. The number of imide groups is 1. The first kappa shape index (κ1) is 19.1. The average molecular weight is 409 g/mol. The fraction of sp³-hybridized carbons (Fsp3) is 0.167. The van der Waals surface area contributed by atoms with Crippen molar-refractivity contribution >= 4 is 52.4 Å². The molecule has 1 unspecified atom stereocenters. The van der Waals surface area contributed by atoms with E-state index in [9.17, 15) is 14.0 Å². The second-order valence-corrected chi connectivity index (χ2v) is 6.42. The number of carbonyl (C=O) groups excluding carboxylic acids is 2. The van der Waals surface area contributed by atoms with Crippen LogP contribution in [0.3, 0.4) is 0 Å². The summed E-state index contributed by atoms with van der Waals surface area (Å²) in [6, 6.07) is 11.7. The van der Waals surface area contributed by atoms with Crippen molar-refractivity contribution in [2.75, 3.05) is 23.1 Å². The predicted octanol–water partition coefficient (Wildman–Crippen LogP) is 3.95. The van der Waals surface area contributed by atoms with E-state index in [1.165, 1.54) is 31.3 Å². The lowest BCUT2D eigenvalue weighted by atomic mass is 10.3. The topological polar surface area (TPSA) is 65.0 Å². The van der Waals surface area contributed by atoms with Crippen LogP contribution in [0.25, 0.3) is 0 Å². The van der Waals surface area contributed by atoms with Gasteiger partial charge in [0.15, 0.2) is 0 Å². The predicted molar refractivity (Wildman–Crippen MR) is 104 cm³/mol. The van der Waals surface area contributed by atoms with E-state index in [4.69, 9.17) is 23.2 Å². The molecule has 0 radical (unpaired) electrons. The van der Waals surface area contributed by atoms with Gasteiger partial charge < -0.3 is 5.32 Å². The van der Waals surface area contributed by atoms with Crippen LogP contribution in [0.1, 0.15) is 0 Å². The van der Waals surface area contributed by atoms with Crippen LogP contribution in [-0.4, -0.2) is 41.8 Å². The molecule has 1 atom stereocenters. The summed E-state index contributed by atoms with van der Waals surface area (Å²) >= 11 is 12.2. The molecule has 1 heterocycles. The first-order valence-corrected chi connectivity index (χ1v) is 8.86. The number of hydrogen-bond donors (Lipinski definition) is 1. The second-order valence-electron chi connectivity index (χ2n) is 5.71. The third-order valence-corrected chi connectivity index (χ3v) is 4.49. The number of urea groups is 1. The summed E-state index contributed by atoms with van der Waals surface area (Å²) in [5.41, 5.74) is 0.913. The Bertz CT molecular complexity index is 904. The maximum Gasteiger partial charge on any atom is 0.337 e. The van der Waals surface area contributed by atoms with Crippen molar-refractivity contribution in [2.45, 2.75) is 6.17 Å². The molecule has 3 rings (SSSR count). The number of hydrogen-bond acceptors (Lipinski definition) is 4. The van der Waals surface area contributed by atoms with E-state index in [-0.39, 0.29) is 17.5 Å². The summed E-state index contributed by atoms with van der Waals surface area (Å²) in [7, 11) is 1.36. The fourth-order valence-electron chi connectivity index (χ4n) is 2.53. The number of amides is 3. The number of anilines is 2. The first-order valence-electron chi connectivity index (χ1n) is 7.95. The Morgan fingerprint density at radius 3 is 2.44 bits per heavy atom.